The van der Waals surface area contributed by atoms with E-state index in [1.165, 1.54) is 0 Å². The maximum atomic E-state index is 12.3. The molecule has 20 heavy (non-hydrogen) atoms. The first kappa shape index (κ1) is 19.5. The summed E-state index contributed by atoms with van der Waals surface area (Å²) >= 11 is 1.64. The summed E-state index contributed by atoms with van der Waals surface area (Å²) in [6.45, 7) is 9.94. The van der Waals surface area contributed by atoms with Crippen molar-refractivity contribution in [1.29, 1.82) is 0 Å². The first-order valence-corrected chi connectivity index (χ1v) is 7.90. The molecule has 1 rings (SSSR count). The summed E-state index contributed by atoms with van der Waals surface area (Å²) in [5, 5.41) is 6.04. The van der Waals surface area contributed by atoms with Crippen molar-refractivity contribution in [3.05, 3.63) is 0 Å². The van der Waals surface area contributed by atoms with Crippen LogP contribution in [0.1, 0.15) is 27.7 Å². The van der Waals surface area contributed by atoms with Gasteiger partial charge in [0.25, 0.3) is 0 Å². The second kappa shape index (κ2) is 8.74. The van der Waals surface area contributed by atoms with Crippen LogP contribution >= 0.6 is 24.2 Å². The van der Waals surface area contributed by atoms with Gasteiger partial charge in [-0.15, -0.1) is 24.2 Å². The molecule has 0 radical (unpaired) electrons. The molecule has 0 spiro atoms. The Balaban J connectivity index is 0.00000361. The zero-order chi connectivity index (χ0) is 14.5. The third-order valence-electron chi connectivity index (χ3n) is 2.94. The minimum absolute atomic E-state index is 0. The van der Waals surface area contributed by atoms with Gasteiger partial charge in [-0.05, 0) is 6.54 Å². The minimum atomic E-state index is -0.437. The second-order valence-corrected chi connectivity index (χ2v) is 6.68. The molecule has 1 saturated heterocycles. The summed E-state index contributed by atoms with van der Waals surface area (Å²) in [7, 11) is 0. The van der Waals surface area contributed by atoms with Gasteiger partial charge in [0.2, 0.25) is 11.8 Å². The number of thioether (sulfide) groups is 1. The van der Waals surface area contributed by atoms with Crippen molar-refractivity contribution < 1.29 is 9.59 Å². The number of nitrogens with zero attached hydrogens (tertiary/aromatic N) is 1. The van der Waals surface area contributed by atoms with Crippen molar-refractivity contribution in [2.75, 3.05) is 31.3 Å². The van der Waals surface area contributed by atoms with Crippen LogP contribution in [0.2, 0.25) is 0 Å². The standard InChI is InChI=1S/C13H25N3O2S.ClH/c1-5-14-6-7-15-11(17)10-8-19-9-16(10)12(18)13(2,3)4;/h10,14H,5-9H2,1-4H3,(H,15,17);1H. The highest BCUT2D eigenvalue weighted by atomic mass is 35.5. The lowest BCUT2D eigenvalue weighted by Crippen LogP contribution is -2.51. The Morgan fingerprint density at radius 3 is 2.50 bits per heavy atom. The Kier molecular flexibility index (Phi) is 8.54. The van der Waals surface area contributed by atoms with E-state index in [1.807, 2.05) is 27.7 Å². The molecule has 1 fully saturated rings. The molecule has 0 aromatic heterocycles. The fourth-order valence-corrected chi connectivity index (χ4v) is 3.01. The molecular weight excluding hydrogens is 298 g/mol. The quantitative estimate of drug-likeness (QED) is 0.743. The number of carbonyl (C=O) groups excluding carboxylic acids is 2. The van der Waals surface area contributed by atoms with Crippen LogP contribution < -0.4 is 10.6 Å². The fraction of sp³-hybridized carbons (Fsp3) is 0.846. The number of likely N-dealkylation sites (N-methyl/N-ethyl adjacent to an activating group) is 1. The van der Waals surface area contributed by atoms with Crippen LogP contribution in [0.4, 0.5) is 0 Å². The van der Waals surface area contributed by atoms with E-state index >= 15 is 0 Å². The molecular formula is C13H26ClN3O2S. The Morgan fingerprint density at radius 1 is 1.30 bits per heavy atom. The van der Waals surface area contributed by atoms with E-state index in [1.54, 1.807) is 16.7 Å². The lowest BCUT2D eigenvalue weighted by atomic mass is 9.94. The van der Waals surface area contributed by atoms with Gasteiger partial charge in [0.05, 0.1) is 5.88 Å². The third-order valence-corrected chi connectivity index (χ3v) is 3.95. The molecule has 7 heteroatoms. The van der Waals surface area contributed by atoms with Gasteiger partial charge in [-0.2, -0.15) is 0 Å². The largest absolute Gasteiger partial charge is 0.353 e. The molecule has 0 aromatic carbocycles. The van der Waals surface area contributed by atoms with E-state index in [0.717, 1.165) is 13.1 Å². The van der Waals surface area contributed by atoms with Crippen LogP contribution in [0.5, 0.6) is 0 Å². The molecule has 5 nitrogen and oxygen atoms in total. The molecule has 1 aliphatic rings. The van der Waals surface area contributed by atoms with Crippen LogP contribution in [0.25, 0.3) is 0 Å². The monoisotopic (exact) mass is 323 g/mol. The van der Waals surface area contributed by atoms with Crippen molar-refractivity contribution in [3.63, 3.8) is 0 Å². The summed E-state index contributed by atoms with van der Waals surface area (Å²) in [6, 6.07) is -0.321. The number of hydrogen-bond acceptors (Lipinski definition) is 4. The normalized spacial score (nSPS) is 18.6. The number of nitrogens with one attached hydrogen (secondary N) is 2. The molecule has 1 atom stereocenters. The van der Waals surface area contributed by atoms with Crippen LogP contribution in [0, 0.1) is 5.41 Å². The average molecular weight is 324 g/mol. The minimum Gasteiger partial charge on any atom is -0.353 e. The van der Waals surface area contributed by atoms with Crippen LogP contribution in [-0.2, 0) is 9.59 Å². The van der Waals surface area contributed by atoms with Crippen molar-refractivity contribution in [2.24, 2.45) is 5.41 Å². The van der Waals surface area contributed by atoms with E-state index in [-0.39, 0.29) is 30.3 Å². The highest BCUT2D eigenvalue weighted by Crippen LogP contribution is 2.27. The maximum Gasteiger partial charge on any atom is 0.243 e. The molecule has 0 aliphatic carbocycles. The van der Waals surface area contributed by atoms with E-state index in [2.05, 4.69) is 10.6 Å². The highest BCUT2D eigenvalue weighted by Gasteiger charge is 2.38. The number of hydrogen-bond donors (Lipinski definition) is 2. The van der Waals surface area contributed by atoms with Gasteiger partial charge in [0.1, 0.15) is 6.04 Å². The number of amides is 2. The van der Waals surface area contributed by atoms with E-state index in [4.69, 9.17) is 0 Å². The van der Waals surface area contributed by atoms with Crippen LogP contribution in [-0.4, -0.2) is 54.0 Å². The molecule has 118 valence electrons. The molecule has 2 amide bonds. The topological polar surface area (TPSA) is 61.4 Å². The Hall–Kier alpha value is -0.460. The van der Waals surface area contributed by atoms with Crippen molar-refractivity contribution in [2.45, 2.75) is 33.7 Å². The second-order valence-electron chi connectivity index (χ2n) is 5.69. The lowest BCUT2D eigenvalue weighted by molar-refractivity contribution is -0.144. The molecule has 1 unspecified atom stereocenters. The van der Waals surface area contributed by atoms with Crippen molar-refractivity contribution in [1.82, 2.24) is 15.5 Å². The maximum absolute atomic E-state index is 12.3. The number of carbonyl (C=O) groups is 2. The number of halogens is 1. The van der Waals surface area contributed by atoms with Gasteiger partial charge in [-0.3, -0.25) is 9.59 Å². The van der Waals surface area contributed by atoms with Crippen LogP contribution in [0.3, 0.4) is 0 Å². The summed E-state index contributed by atoms with van der Waals surface area (Å²) in [5.74, 6) is 1.31. The lowest BCUT2D eigenvalue weighted by Gasteiger charge is -2.29. The predicted octanol–water partition coefficient (Wildman–Crippen LogP) is 1.08. The van der Waals surface area contributed by atoms with E-state index < -0.39 is 5.41 Å². The van der Waals surface area contributed by atoms with Crippen molar-refractivity contribution in [3.8, 4) is 0 Å². The summed E-state index contributed by atoms with van der Waals surface area (Å²) in [5.41, 5.74) is -0.437. The average Bonchev–Trinajstić information content (AvgIpc) is 2.81. The third kappa shape index (κ3) is 5.50. The zero-order valence-corrected chi connectivity index (χ0v) is 14.3. The Morgan fingerprint density at radius 2 is 1.95 bits per heavy atom. The predicted molar refractivity (Wildman–Crippen MR) is 86.2 cm³/mol. The molecule has 0 aromatic rings. The van der Waals surface area contributed by atoms with Gasteiger partial charge in [-0.1, -0.05) is 27.7 Å². The number of rotatable bonds is 5. The molecule has 0 saturated carbocycles. The van der Waals surface area contributed by atoms with E-state index in [9.17, 15) is 9.59 Å². The van der Waals surface area contributed by atoms with Gasteiger partial charge < -0.3 is 15.5 Å². The smallest absolute Gasteiger partial charge is 0.243 e. The molecule has 2 N–H and O–H groups in total. The van der Waals surface area contributed by atoms with E-state index in [0.29, 0.717) is 18.2 Å². The summed E-state index contributed by atoms with van der Waals surface area (Å²) < 4.78 is 0. The first-order chi connectivity index (χ1) is 8.88. The molecule has 1 heterocycles. The van der Waals surface area contributed by atoms with Gasteiger partial charge in [0, 0.05) is 24.3 Å². The summed E-state index contributed by atoms with van der Waals surface area (Å²) in [4.78, 5) is 26.1. The fourth-order valence-electron chi connectivity index (χ4n) is 1.86. The van der Waals surface area contributed by atoms with Crippen molar-refractivity contribution >= 4 is 36.0 Å². The highest BCUT2D eigenvalue weighted by molar-refractivity contribution is 7.99. The zero-order valence-electron chi connectivity index (χ0n) is 12.7. The van der Waals surface area contributed by atoms with Gasteiger partial charge >= 0.3 is 0 Å². The summed E-state index contributed by atoms with van der Waals surface area (Å²) in [6.07, 6.45) is 0. The van der Waals surface area contributed by atoms with Crippen LogP contribution in [0.15, 0.2) is 0 Å². The van der Waals surface area contributed by atoms with Gasteiger partial charge in [0.15, 0.2) is 0 Å². The molecule has 1 aliphatic heterocycles. The Bertz CT molecular complexity index is 334. The Labute approximate surface area is 132 Å². The SMILES string of the molecule is CCNCCNC(=O)C1CSCN1C(=O)C(C)(C)C.Cl. The first-order valence-electron chi connectivity index (χ1n) is 6.75. The molecule has 0 bridgehead atoms. The van der Waals surface area contributed by atoms with Gasteiger partial charge in [-0.25, -0.2) is 0 Å².